The molecule has 10 heteroatoms. The van der Waals surface area contributed by atoms with E-state index < -0.39 is 11.7 Å². The van der Waals surface area contributed by atoms with Gasteiger partial charge in [0.15, 0.2) is 0 Å². The van der Waals surface area contributed by atoms with E-state index in [1.807, 2.05) is 54.6 Å². The average Bonchev–Trinajstić information content (AvgIpc) is 3.58. The molecule has 0 bridgehead atoms. The Morgan fingerprint density at radius 2 is 1.77 bits per heavy atom. The summed E-state index contributed by atoms with van der Waals surface area (Å²) >= 11 is 6.35. The van der Waals surface area contributed by atoms with E-state index in [9.17, 15) is 14.4 Å². The molecule has 0 aliphatic carbocycles. The maximum absolute atomic E-state index is 13.9. The molecule has 1 spiro atoms. The number of Topliss-reactive ketones (excluding diaryl/α,β-unsaturated/α-hetero) is 1. The number of halogens is 1. The van der Waals surface area contributed by atoms with E-state index in [1.165, 1.54) is 0 Å². The molecule has 9 nitrogen and oxygen atoms in total. The number of benzene rings is 3. The molecule has 3 aromatic carbocycles. The molecule has 0 radical (unpaired) electrons. The molecule has 43 heavy (non-hydrogen) atoms. The van der Waals surface area contributed by atoms with Crippen molar-refractivity contribution in [3.8, 4) is 11.5 Å². The number of hydrogen-bond donors (Lipinski definition) is 1. The maximum atomic E-state index is 13.9. The minimum absolute atomic E-state index is 0.0471. The van der Waals surface area contributed by atoms with Crippen LogP contribution in [0.5, 0.6) is 0 Å². The summed E-state index contributed by atoms with van der Waals surface area (Å²) in [5.74, 6) is 0.399. The maximum Gasteiger partial charge on any atom is 0.412 e. The number of ketones is 1. The zero-order valence-corrected chi connectivity index (χ0v) is 24.1. The van der Waals surface area contributed by atoms with Crippen molar-refractivity contribution in [2.24, 2.45) is 0 Å². The molecule has 7 rings (SSSR count). The minimum Gasteiger partial charge on any atom is -0.441 e. The fraction of sp³-hybridized carbons (Fsp3) is 0.212. The van der Waals surface area contributed by atoms with E-state index >= 15 is 0 Å². The summed E-state index contributed by atoms with van der Waals surface area (Å²) in [5, 5.41) is 3.96. The summed E-state index contributed by atoms with van der Waals surface area (Å²) < 4.78 is 13.4. The Morgan fingerprint density at radius 1 is 1.02 bits per heavy atom. The Hall–Kier alpha value is -4.89. The molecule has 1 N–H and O–H groups in total. The van der Waals surface area contributed by atoms with E-state index in [0.29, 0.717) is 59.1 Å². The zero-order valence-electron chi connectivity index (χ0n) is 23.3. The lowest BCUT2D eigenvalue weighted by Crippen LogP contribution is -2.49. The van der Waals surface area contributed by atoms with Gasteiger partial charge < -0.3 is 18.6 Å². The van der Waals surface area contributed by atoms with Crippen LogP contribution in [0.3, 0.4) is 0 Å². The minimum atomic E-state index is -0.780. The third-order valence-electron chi connectivity index (χ3n) is 8.27. The van der Waals surface area contributed by atoms with E-state index in [0.717, 1.165) is 16.8 Å². The quantitative estimate of drug-likeness (QED) is 0.223. The second-order valence-electron chi connectivity index (χ2n) is 10.9. The van der Waals surface area contributed by atoms with Crippen molar-refractivity contribution in [1.29, 1.82) is 0 Å². The number of para-hydroxylation sites is 1. The first-order valence-corrected chi connectivity index (χ1v) is 14.4. The smallest absolute Gasteiger partial charge is 0.412 e. The van der Waals surface area contributed by atoms with E-state index in [-0.39, 0.29) is 23.9 Å². The number of oxazole rings is 1. The number of nitrogens with one attached hydrogen (secondary N) is 1. The van der Waals surface area contributed by atoms with Crippen LogP contribution in [-0.4, -0.2) is 45.3 Å². The molecule has 2 aliphatic rings. The number of aromatic nitrogens is 2. The molecule has 5 aromatic rings. The largest absolute Gasteiger partial charge is 0.441 e. The van der Waals surface area contributed by atoms with Crippen LogP contribution >= 0.6 is 11.6 Å². The first-order valence-electron chi connectivity index (χ1n) is 14.0. The molecule has 1 fully saturated rings. The van der Waals surface area contributed by atoms with Gasteiger partial charge in [0.2, 0.25) is 11.7 Å². The lowest BCUT2D eigenvalue weighted by molar-refractivity contribution is -0.0331. The van der Waals surface area contributed by atoms with Gasteiger partial charge in [0.1, 0.15) is 17.1 Å². The topological polar surface area (TPSA) is 107 Å². The molecular formula is C33H27ClN4O5. The Balaban J connectivity index is 1.15. The zero-order chi connectivity index (χ0) is 29.7. The highest BCUT2D eigenvalue weighted by atomic mass is 35.5. The van der Waals surface area contributed by atoms with Crippen molar-refractivity contribution in [3.63, 3.8) is 0 Å². The third kappa shape index (κ3) is 4.75. The number of fused-ring (bicyclic) bond motifs is 3. The average molecular weight is 595 g/mol. The van der Waals surface area contributed by atoms with Crippen molar-refractivity contribution in [3.05, 3.63) is 107 Å². The molecule has 2 aliphatic heterocycles. The number of amides is 2. The van der Waals surface area contributed by atoms with Crippen molar-refractivity contribution >= 4 is 46.0 Å². The molecule has 1 saturated heterocycles. The Morgan fingerprint density at radius 3 is 2.56 bits per heavy atom. The van der Waals surface area contributed by atoms with Crippen LogP contribution in [0.15, 0.2) is 83.4 Å². The number of carbonyl (C=O) groups excluding carboxylic acids is 3. The molecule has 0 saturated carbocycles. The summed E-state index contributed by atoms with van der Waals surface area (Å²) in [6.07, 6.45) is 2.17. The van der Waals surface area contributed by atoms with Crippen LogP contribution < -0.4 is 5.32 Å². The van der Waals surface area contributed by atoms with Gasteiger partial charge in [-0.15, -0.1) is 0 Å². The van der Waals surface area contributed by atoms with Crippen molar-refractivity contribution in [2.45, 2.75) is 31.9 Å². The van der Waals surface area contributed by atoms with Gasteiger partial charge in [-0.05, 0) is 37.3 Å². The number of carbonyl (C=O) groups is 3. The first kappa shape index (κ1) is 27.0. The van der Waals surface area contributed by atoms with Crippen LogP contribution in [-0.2, 0) is 16.9 Å². The standard InChI is InChI=1S/C33H27ClN4O5/c1-20-29(36-30(42-20)21-7-3-2-4-8-21)28(39)19-38-18-24(23-12-11-22(34)17-27(23)38)31(40)37-15-13-33(14-16-37)25-9-5-6-10-26(25)35-32(41)43-33/h2-12,17-18H,13-16,19H2,1H3,(H,35,41). The second-order valence-corrected chi connectivity index (χ2v) is 11.3. The van der Waals surface area contributed by atoms with Crippen LogP contribution in [0.1, 0.15) is 45.0 Å². The van der Waals surface area contributed by atoms with Crippen LogP contribution in [0.4, 0.5) is 10.5 Å². The Labute approximate surface area is 252 Å². The fourth-order valence-corrected chi connectivity index (χ4v) is 6.29. The van der Waals surface area contributed by atoms with Crippen molar-refractivity contribution in [2.75, 3.05) is 18.4 Å². The summed E-state index contributed by atoms with van der Waals surface area (Å²) in [5.41, 5.74) is 3.04. The number of likely N-dealkylation sites (tertiary alicyclic amines) is 1. The van der Waals surface area contributed by atoms with Gasteiger partial charge in [0.25, 0.3) is 5.91 Å². The first-order chi connectivity index (χ1) is 20.8. The van der Waals surface area contributed by atoms with E-state index in [2.05, 4.69) is 10.3 Å². The molecule has 0 atom stereocenters. The Kier molecular flexibility index (Phi) is 6.54. The highest BCUT2D eigenvalue weighted by molar-refractivity contribution is 6.31. The van der Waals surface area contributed by atoms with Gasteiger partial charge in [-0.1, -0.05) is 54.1 Å². The number of nitrogens with zero attached hydrogens (tertiary/aromatic N) is 3. The van der Waals surface area contributed by atoms with Gasteiger partial charge in [-0.25, -0.2) is 9.78 Å². The van der Waals surface area contributed by atoms with Gasteiger partial charge in [0.05, 0.1) is 23.3 Å². The van der Waals surface area contributed by atoms with Gasteiger partial charge in [-0.3, -0.25) is 14.9 Å². The third-order valence-corrected chi connectivity index (χ3v) is 8.51. The lowest BCUT2D eigenvalue weighted by atomic mass is 9.82. The number of piperidine rings is 1. The lowest BCUT2D eigenvalue weighted by Gasteiger charge is -2.44. The molecular weight excluding hydrogens is 568 g/mol. The highest BCUT2D eigenvalue weighted by Gasteiger charge is 2.45. The van der Waals surface area contributed by atoms with Crippen LogP contribution in [0, 0.1) is 6.92 Å². The molecule has 216 valence electrons. The van der Waals surface area contributed by atoms with Gasteiger partial charge in [-0.2, -0.15) is 0 Å². The van der Waals surface area contributed by atoms with Crippen LogP contribution in [0.25, 0.3) is 22.4 Å². The van der Waals surface area contributed by atoms with Gasteiger partial charge >= 0.3 is 6.09 Å². The summed E-state index contributed by atoms with van der Waals surface area (Å²) in [4.78, 5) is 46.0. The molecule has 0 unspecified atom stereocenters. The van der Waals surface area contributed by atoms with Crippen molar-refractivity contribution in [1.82, 2.24) is 14.5 Å². The SMILES string of the molecule is Cc1oc(-c2ccccc2)nc1C(=O)Cn1cc(C(=O)N2CCC3(CC2)OC(=O)Nc2ccccc23)c2ccc(Cl)cc21. The fourth-order valence-electron chi connectivity index (χ4n) is 6.13. The monoisotopic (exact) mass is 594 g/mol. The van der Waals surface area contributed by atoms with E-state index in [4.69, 9.17) is 20.8 Å². The summed E-state index contributed by atoms with van der Waals surface area (Å²) in [6.45, 7) is 2.47. The normalized spacial score (nSPS) is 15.7. The number of rotatable bonds is 5. The highest BCUT2D eigenvalue weighted by Crippen LogP contribution is 2.43. The number of anilines is 1. The molecule has 2 amide bonds. The molecule has 4 heterocycles. The summed E-state index contributed by atoms with van der Waals surface area (Å²) in [7, 11) is 0. The van der Waals surface area contributed by atoms with Crippen LogP contribution in [0.2, 0.25) is 5.02 Å². The Bertz CT molecular complexity index is 1900. The second kappa shape index (κ2) is 10.4. The summed E-state index contributed by atoms with van der Waals surface area (Å²) in [6, 6.07) is 22.3. The molecule has 2 aromatic heterocycles. The number of aryl methyl sites for hydroxylation is 1. The van der Waals surface area contributed by atoms with E-state index in [1.54, 1.807) is 40.8 Å². The predicted octanol–water partition coefficient (Wildman–Crippen LogP) is 6.83. The predicted molar refractivity (Wildman–Crippen MR) is 161 cm³/mol. The van der Waals surface area contributed by atoms with Crippen molar-refractivity contribution < 1.29 is 23.5 Å². The number of hydrogen-bond acceptors (Lipinski definition) is 6. The van der Waals surface area contributed by atoms with Gasteiger partial charge in [0, 0.05) is 53.7 Å². The number of ether oxygens (including phenoxy) is 1.